The van der Waals surface area contributed by atoms with E-state index in [2.05, 4.69) is 15.5 Å². The molecule has 1 aliphatic rings. The summed E-state index contributed by atoms with van der Waals surface area (Å²) in [4.78, 5) is 14.3. The van der Waals surface area contributed by atoms with Crippen LogP contribution in [0, 0.1) is 6.92 Å². The van der Waals surface area contributed by atoms with E-state index in [0.717, 1.165) is 16.4 Å². The van der Waals surface area contributed by atoms with Crippen molar-refractivity contribution < 1.29 is 9.53 Å². The highest BCUT2D eigenvalue weighted by molar-refractivity contribution is 7.15. The molecule has 2 heterocycles. The number of ether oxygens (including phenoxy) is 1. The largest absolute Gasteiger partial charge is 0.484 e. The van der Waals surface area contributed by atoms with Gasteiger partial charge in [0, 0.05) is 5.69 Å². The lowest BCUT2D eigenvalue weighted by atomic mass is 10.0. The minimum absolute atomic E-state index is 0.146. The Balaban J connectivity index is 1.79. The van der Waals surface area contributed by atoms with Crippen LogP contribution in [0.15, 0.2) is 18.2 Å². The number of hydrogen-bond donors (Lipinski definition) is 2. The van der Waals surface area contributed by atoms with Crippen LogP contribution in [0.25, 0.3) is 0 Å². The molecule has 8 heteroatoms. The SMILES string of the molecule is Cc1nnc(NC(=O)CN2CC(C)(C)Oc3ccc(N)cc32)s1. The Morgan fingerprint density at radius 3 is 2.96 bits per heavy atom. The van der Waals surface area contributed by atoms with E-state index in [1.165, 1.54) is 11.3 Å². The molecule has 0 aliphatic carbocycles. The third-order valence-corrected chi connectivity index (χ3v) is 4.14. The van der Waals surface area contributed by atoms with Crippen molar-refractivity contribution in [1.29, 1.82) is 0 Å². The summed E-state index contributed by atoms with van der Waals surface area (Å²) < 4.78 is 5.96. The molecule has 2 aromatic rings. The summed E-state index contributed by atoms with van der Waals surface area (Å²) in [7, 11) is 0. The molecule has 0 atom stereocenters. The first kappa shape index (κ1) is 15.5. The van der Waals surface area contributed by atoms with E-state index in [1.54, 1.807) is 6.07 Å². The summed E-state index contributed by atoms with van der Waals surface area (Å²) in [5.74, 6) is 0.585. The van der Waals surface area contributed by atoms with Crippen LogP contribution in [0.3, 0.4) is 0 Å². The maximum Gasteiger partial charge on any atom is 0.245 e. The molecule has 1 aliphatic heterocycles. The highest BCUT2D eigenvalue weighted by atomic mass is 32.1. The van der Waals surface area contributed by atoms with Crippen LogP contribution >= 0.6 is 11.3 Å². The number of carbonyl (C=O) groups excluding carboxylic acids is 1. The van der Waals surface area contributed by atoms with Gasteiger partial charge in [0.05, 0.1) is 18.8 Å². The number of amides is 1. The average Bonchev–Trinajstić information content (AvgIpc) is 2.84. The summed E-state index contributed by atoms with van der Waals surface area (Å²) in [6.45, 7) is 6.61. The monoisotopic (exact) mass is 333 g/mol. The second-order valence-electron chi connectivity index (χ2n) is 6.12. The van der Waals surface area contributed by atoms with Crippen molar-refractivity contribution >= 4 is 33.8 Å². The predicted molar refractivity (Wildman–Crippen MR) is 91.1 cm³/mol. The van der Waals surface area contributed by atoms with E-state index in [0.29, 0.717) is 17.4 Å². The van der Waals surface area contributed by atoms with Crippen LogP contribution in [0.2, 0.25) is 0 Å². The fraction of sp³-hybridized carbons (Fsp3) is 0.400. The molecule has 1 aromatic heterocycles. The van der Waals surface area contributed by atoms with E-state index in [1.807, 2.05) is 37.8 Å². The molecule has 1 aromatic carbocycles. The first-order valence-corrected chi connectivity index (χ1v) is 8.07. The van der Waals surface area contributed by atoms with E-state index >= 15 is 0 Å². The van der Waals surface area contributed by atoms with Gasteiger partial charge in [-0.3, -0.25) is 10.1 Å². The van der Waals surface area contributed by atoms with Gasteiger partial charge in [0.15, 0.2) is 0 Å². The molecule has 0 radical (unpaired) electrons. The van der Waals surface area contributed by atoms with Gasteiger partial charge in [-0.15, -0.1) is 10.2 Å². The normalized spacial score (nSPS) is 15.7. The van der Waals surface area contributed by atoms with Crippen molar-refractivity contribution in [2.24, 2.45) is 0 Å². The zero-order chi connectivity index (χ0) is 16.6. The molecular formula is C15H19N5O2S. The van der Waals surface area contributed by atoms with Gasteiger partial charge in [0.1, 0.15) is 16.4 Å². The van der Waals surface area contributed by atoms with Gasteiger partial charge in [0.25, 0.3) is 0 Å². The molecule has 0 saturated carbocycles. The zero-order valence-electron chi connectivity index (χ0n) is 13.3. The fourth-order valence-electron chi connectivity index (χ4n) is 2.56. The lowest BCUT2D eigenvalue weighted by molar-refractivity contribution is -0.115. The Hall–Kier alpha value is -2.35. The van der Waals surface area contributed by atoms with Crippen LogP contribution in [-0.4, -0.2) is 34.8 Å². The molecule has 0 unspecified atom stereocenters. The minimum atomic E-state index is -0.386. The predicted octanol–water partition coefficient (Wildman–Crippen LogP) is 2.04. The number of rotatable bonds is 3. The maximum atomic E-state index is 12.3. The van der Waals surface area contributed by atoms with Crippen molar-refractivity contribution in [2.75, 3.05) is 29.0 Å². The lowest BCUT2D eigenvalue weighted by Gasteiger charge is -2.40. The van der Waals surface area contributed by atoms with Crippen LogP contribution in [0.1, 0.15) is 18.9 Å². The molecule has 0 spiro atoms. The van der Waals surface area contributed by atoms with Crippen LogP contribution < -0.4 is 20.7 Å². The second-order valence-corrected chi connectivity index (χ2v) is 7.30. The summed E-state index contributed by atoms with van der Waals surface area (Å²) in [6, 6.07) is 5.46. The molecule has 122 valence electrons. The number of fused-ring (bicyclic) bond motifs is 1. The highest BCUT2D eigenvalue weighted by Crippen LogP contribution is 2.38. The van der Waals surface area contributed by atoms with E-state index in [9.17, 15) is 4.79 Å². The molecule has 7 nitrogen and oxygen atoms in total. The Morgan fingerprint density at radius 1 is 1.48 bits per heavy atom. The third kappa shape index (κ3) is 3.53. The lowest BCUT2D eigenvalue weighted by Crippen LogP contribution is -2.49. The van der Waals surface area contributed by atoms with Crippen LogP contribution in [0.5, 0.6) is 5.75 Å². The van der Waals surface area contributed by atoms with Crippen molar-refractivity contribution in [2.45, 2.75) is 26.4 Å². The van der Waals surface area contributed by atoms with Gasteiger partial charge in [0.2, 0.25) is 11.0 Å². The van der Waals surface area contributed by atoms with Gasteiger partial charge in [-0.25, -0.2) is 0 Å². The second kappa shape index (κ2) is 5.69. The summed E-state index contributed by atoms with van der Waals surface area (Å²) in [6.07, 6.45) is 0. The van der Waals surface area contributed by atoms with E-state index < -0.39 is 0 Å². The number of aryl methyl sites for hydroxylation is 1. The molecule has 1 amide bonds. The Kier molecular flexibility index (Phi) is 3.85. The molecule has 0 fully saturated rings. The Morgan fingerprint density at radius 2 is 2.26 bits per heavy atom. The summed E-state index contributed by atoms with van der Waals surface area (Å²) in [5.41, 5.74) is 6.95. The first-order valence-electron chi connectivity index (χ1n) is 7.26. The van der Waals surface area contributed by atoms with Crippen molar-refractivity contribution in [3.8, 4) is 5.75 Å². The fourth-order valence-corrected chi connectivity index (χ4v) is 3.17. The van der Waals surface area contributed by atoms with Crippen molar-refractivity contribution in [3.05, 3.63) is 23.2 Å². The number of nitrogens with one attached hydrogen (secondary N) is 1. The number of benzene rings is 1. The van der Waals surface area contributed by atoms with Crippen LogP contribution in [0.4, 0.5) is 16.5 Å². The average molecular weight is 333 g/mol. The topological polar surface area (TPSA) is 93.4 Å². The molecule has 0 bridgehead atoms. The summed E-state index contributed by atoms with van der Waals surface area (Å²) >= 11 is 1.35. The van der Waals surface area contributed by atoms with Gasteiger partial charge in [-0.1, -0.05) is 11.3 Å². The quantitative estimate of drug-likeness (QED) is 0.835. The Bertz CT molecular complexity index is 743. The molecule has 3 N–H and O–H groups in total. The van der Waals surface area contributed by atoms with Gasteiger partial charge >= 0.3 is 0 Å². The number of aromatic nitrogens is 2. The number of nitrogens with zero attached hydrogens (tertiary/aromatic N) is 3. The van der Waals surface area contributed by atoms with E-state index in [4.69, 9.17) is 10.5 Å². The minimum Gasteiger partial charge on any atom is -0.484 e. The van der Waals surface area contributed by atoms with Gasteiger partial charge in [-0.2, -0.15) is 0 Å². The number of carbonyl (C=O) groups is 1. The van der Waals surface area contributed by atoms with Crippen molar-refractivity contribution in [1.82, 2.24) is 10.2 Å². The smallest absolute Gasteiger partial charge is 0.245 e. The highest BCUT2D eigenvalue weighted by Gasteiger charge is 2.32. The summed E-state index contributed by atoms with van der Waals surface area (Å²) in [5, 5.41) is 11.9. The van der Waals surface area contributed by atoms with Crippen molar-refractivity contribution in [3.63, 3.8) is 0 Å². The zero-order valence-corrected chi connectivity index (χ0v) is 14.1. The molecule has 23 heavy (non-hydrogen) atoms. The van der Waals surface area contributed by atoms with Crippen LogP contribution in [-0.2, 0) is 4.79 Å². The maximum absolute atomic E-state index is 12.3. The standard InChI is InChI=1S/C15H19N5O2S/c1-9-18-19-14(23-9)17-13(21)7-20-8-15(2,3)22-12-5-4-10(16)6-11(12)20/h4-6H,7-8,16H2,1-3H3,(H,17,19,21). The number of nitrogens with two attached hydrogens (primary N) is 1. The molecule has 0 saturated heterocycles. The number of hydrogen-bond acceptors (Lipinski definition) is 7. The van der Waals surface area contributed by atoms with Gasteiger partial charge < -0.3 is 15.4 Å². The first-order chi connectivity index (χ1) is 10.8. The molecular weight excluding hydrogens is 314 g/mol. The third-order valence-electron chi connectivity index (χ3n) is 3.39. The van der Waals surface area contributed by atoms with Gasteiger partial charge in [-0.05, 0) is 39.0 Å². The van der Waals surface area contributed by atoms with E-state index in [-0.39, 0.29) is 18.1 Å². The number of anilines is 3. The Labute approximate surface area is 138 Å². The number of nitrogen functional groups attached to an aromatic ring is 1. The molecule has 3 rings (SSSR count).